The Hall–Kier alpha value is -2.66. The molecule has 2 heterocycles. The molecular formula is C20H15ClF2N4O2S2. The normalized spacial score (nSPS) is 15.4. The molecule has 0 saturated heterocycles. The van der Waals surface area contributed by atoms with Crippen LogP contribution in [0.1, 0.15) is 10.4 Å². The first-order chi connectivity index (χ1) is 14.9. The molecule has 2 aromatic carbocycles. The van der Waals surface area contributed by atoms with Crippen molar-refractivity contribution < 1.29 is 18.4 Å². The number of anilines is 2. The van der Waals surface area contributed by atoms with Gasteiger partial charge in [-0.05, 0) is 24.3 Å². The monoisotopic (exact) mass is 480 g/mol. The second kappa shape index (κ2) is 8.83. The minimum atomic E-state index is -0.748. The first-order valence-electron chi connectivity index (χ1n) is 8.94. The average molecular weight is 481 g/mol. The first kappa shape index (κ1) is 21.6. The maximum absolute atomic E-state index is 14.5. The second-order valence-corrected chi connectivity index (χ2v) is 9.16. The molecule has 1 aliphatic rings. The summed E-state index contributed by atoms with van der Waals surface area (Å²) in [6.07, 6.45) is 0. The zero-order valence-electron chi connectivity index (χ0n) is 15.7. The van der Waals surface area contributed by atoms with Crippen molar-refractivity contribution in [1.82, 2.24) is 5.43 Å². The molecule has 2 amide bonds. The summed E-state index contributed by atoms with van der Waals surface area (Å²) in [6.45, 7) is 0. The minimum absolute atomic E-state index is 0.0537. The molecule has 1 atom stereocenters. The maximum atomic E-state index is 14.5. The van der Waals surface area contributed by atoms with Crippen molar-refractivity contribution in [2.45, 2.75) is 5.50 Å². The second-order valence-electron chi connectivity index (χ2n) is 6.46. The van der Waals surface area contributed by atoms with Crippen LogP contribution in [0, 0.1) is 11.6 Å². The number of carbonyl (C=O) groups is 2. The van der Waals surface area contributed by atoms with E-state index in [1.54, 1.807) is 18.2 Å². The lowest BCUT2D eigenvalue weighted by atomic mass is 10.0. The van der Waals surface area contributed by atoms with E-state index in [1.165, 1.54) is 35.2 Å². The largest absolute Gasteiger partial charge is 0.347 e. The topological polar surface area (TPSA) is 87.5 Å². The van der Waals surface area contributed by atoms with Crippen molar-refractivity contribution >= 4 is 57.2 Å². The van der Waals surface area contributed by atoms with E-state index in [2.05, 4.69) is 5.32 Å². The number of nitrogens with two attached hydrogens (primary N) is 1. The summed E-state index contributed by atoms with van der Waals surface area (Å²) in [6, 6.07) is 11.5. The number of nitrogens with zero attached hydrogens (tertiary/aromatic N) is 1. The summed E-state index contributed by atoms with van der Waals surface area (Å²) in [4.78, 5) is 26.6. The molecule has 1 aromatic heterocycles. The number of hydrogen-bond acceptors (Lipinski definition) is 6. The third-order valence-electron chi connectivity index (χ3n) is 4.55. The molecule has 1 aliphatic heterocycles. The van der Waals surface area contributed by atoms with Crippen molar-refractivity contribution in [2.24, 2.45) is 5.84 Å². The predicted octanol–water partition coefficient (Wildman–Crippen LogP) is 4.43. The summed E-state index contributed by atoms with van der Waals surface area (Å²) in [5.41, 5.74) is 2.19. The van der Waals surface area contributed by atoms with Gasteiger partial charge in [0, 0.05) is 16.8 Å². The summed E-state index contributed by atoms with van der Waals surface area (Å²) >= 11 is 8.60. The zero-order valence-corrected chi connectivity index (χ0v) is 18.1. The number of rotatable bonds is 5. The Morgan fingerprint density at radius 2 is 2.00 bits per heavy atom. The fourth-order valence-electron chi connectivity index (χ4n) is 3.21. The van der Waals surface area contributed by atoms with E-state index < -0.39 is 28.9 Å². The Balaban J connectivity index is 1.83. The molecule has 31 heavy (non-hydrogen) atoms. The first-order valence-corrected chi connectivity index (χ1v) is 11.2. The number of thiophene rings is 1. The summed E-state index contributed by atoms with van der Waals surface area (Å²) < 4.78 is 28.7. The van der Waals surface area contributed by atoms with Gasteiger partial charge in [0.05, 0.1) is 11.3 Å². The van der Waals surface area contributed by atoms with E-state index in [1.807, 2.05) is 5.43 Å². The predicted molar refractivity (Wildman–Crippen MR) is 120 cm³/mol. The highest BCUT2D eigenvalue weighted by atomic mass is 35.5. The Morgan fingerprint density at radius 3 is 2.71 bits per heavy atom. The van der Waals surface area contributed by atoms with Crippen LogP contribution >= 0.6 is 34.7 Å². The molecular weight excluding hydrogens is 466 g/mol. The van der Waals surface area contributed by atoms with Crippen LogP contribution < -0.4 is 21.5 Å². The lowest BCUT2D eigenvalue weighted by Crippen LogP contribution is -2.48. The van der Waals surface area contributed by atoms with Gasteiger partial charge in [0.25, 0.3) is 5.91 Å². The van der Waals surface area contributed by atoms with Crippen molar-refractivity contribution in [3.05, 3.63) is 70.1 Å². The molecule has 11 heteroatoms. The van der Waals surface area contributed by atoms with Gasteiger partial charge < -0.3 is 5.32 Å². The highest BCUT2D eigenvalue weighted by molar-refractivity contribution is 8.00. The van der Waals surface area contributed by atoms with Gasteiger partial charge in [-0.25, -0.2) is 14.6 Å². The molecule has 0 bridgehead atoms. The van der Waals surface area contributed by atoms with Crippen LogP contribution in [0.5, 0.6) is 0 Å². The molecule has 0 saturated carbocycles. The van der Waals surface area contributed by atoms with Crippen LogP contribution in [0.4, 0.5) is 19.5 Å². The molecule has 0 fully saturated rings. The van der Waals surface area contributed by atoms with Crippen LogP contribution in [-0.2, 0) is 4.79 Å². The van der Waals surface area contributed by atoms with Crippen LogP contribution in [0.25, 0.3) is 11.1 Å². The molecule has 160 valence electrons. The van der Waals surface area contributed by atoms with Gasteiger partial charge in [0.1, 0.15) is 21.0 Å². The van der Waals surface area contributed by atoms with Crippen LogP contribution in [-0.4, -0.2) is 23.1 Å². The Kier molecular flexibility index (Phi) is 6.15. The number of benzene rings is 2. The van der Waals surface area contributed by atoms with Crippen molar-refractivity contribution in [2.75, 3.05) is 16.0 Å². The number of thioether (sulfide) groups is 1. The SMILES string of the molecule is NNC(=O)CSC1Nc2sc(Cl)c(-c3ccccc3F)c2C(=O)N1c1cccc(F)c1. The van der Waals surface area contributed by atoms with Gasteiger partial charge in [-0.1, -0.05) is 35.9 Å². The van der Waals surface area contributed by atoms with Gasteiger partial charge in [-0.15, -0.1) is 23.1 Å². The number of hydrogen-bond donors (Lipinski definition) is 3. The van der Waals surface area contributed by atoms with Gasteiger partial charge in [-0.3, -0.25) is 19.9 Å². The van der Waals surface area contributed by atoms with Gasteiger partial charge >= 0.3 is 0 Å². The zero-order chi connectivity index (χ0) is 22.1. The third kappa shape index (κ3) is 4.11. The quantitative estimate of drug-likeness (QED) is 0.286. The van der Waals surface area contributed by atoms with Crippen LogP contribution in [0.15, 0.2) is 48.5 Å². The van der Waals surface area contributed by atoms with Crippen molar-refractivity contribution in [1.29, 1.82) is 0 Å². The van der Waals surface area contributed by atoms with E-state index >= 15 is 0 Å². The van der Waals surface area contributed by atoms with E-state index in [0.717, 1.165) is 23.1 Å². The number of halogens is 3. The average Bonchev–Trinajstić information content (AvgIpc) is 3.08. The van der Waals surface area contributed by atoms with Gasteiger partial charge in [0.2, 0.25) is 5.91 Å². The van der Waals surface area contributed by atoms with E-state index in [9.17, 15) is 18.4 Å². The maximum Gasteiger partial charge on any atom is 0.264 e. The summed E-state index contributed by atoms with van der Waals surface area (Å²) in [7, 11) is 0. The molecule has 3 aromatic rings. The molecule has 4 rings (SSSR count). The minimum Gasteiger partial charge on any atom is -0.347 e. The standard InChI is InChI=1S/C20H15ClF2N4O2S2/c21-17-15(12-6-1-2-7-13(12)23)16-18(31-17)25-20(30-9-14(28)26-24)27(19(16)29)11-5-3-4-10(22)8-11/h1-8,20,25H,9,24H2,(H,26,28). The summed E-state index contributed by atoms with van der Waals surface area (Å²) in [5.74, 6) is 3.10. The molecule has 0 radical (unpaired) electrons. The summed E-state index contributed by atoms with van der Waals surface area (Å²) in [5, 5.41) is 3.60. The number of fused-ring (bicyclic) bond motifs is 1. The Bertz CT molecular complexity index is 1170. The third-order valence-corrected chi connectivity index (χ3v) is 6.95. The van der Waals surface area contributed by atoms with E-state index in [0.29, 0.717) is 5.00 Å². The highest BCUT2D eigenvalue weighted by Crippen LogP contribution is 2.48. The molecule has 0 spiro atoms. The number of carbonyl (C=O) groups excluding carboxylic acids is 2. The van der Waals surface area contributed by atoms with E-state index in [4.69, 9.17) is 17.4 Å². The lowest BCUT2D eigenvalue weighted by molar-refractivity contribution is -0.118. The molecule has 1 unspecified atom stereocenters. The fourth-order valence-corrected chi connectivity index (χ4v) is 5.63. The Morgan fingerprint density at radius 1 is 1.23 bits per heavy atom. The van der Waals surface area contributed by atoms with Crippen LogP contribution in [0.3, 0.4) is 0 Å². The molecule has 0 aliphatic carbocycles. The number of nitrogens with one attached hydrogen (secondary N) is 2. The van der Waals surface area contributed by atoms with Crippen molar-refractivity contribution in [3.8, 4) is 11.1 Å². The highest BCUT2D eigenvalue weighted by Gasteiger charge is 2.39. The van der Waals surface area contributed by atoms with Crippen LogP contribution in [0.2, 0.25) is 4.34 Å². The number of amides is 2. The molecule has 4 N–H and O–H groups in total. The lowest BCUT2D eigenvalue weighted by Gasteiger charge is -2.36. The van der Waals surface area contributed by atoms with Crippen molar-refractivity contribution in [3.63, 3.8) is 0 Å². The smallest absolute Gasteiger partial charge is 0.264 e. The van der Waals surface area contributed by atoms with E-state index in [-0.39, 0.29) is 32.5 Å². The van der Waals surface area contributed by atoms with Gasteiger partial charge in [-0.2, -0.15) is 0 Å². The fraction of sp³-hybridized carbons (Fsp3) is 0.100. The molecule has 6 nitrogen and oxygen atoms in total. The Labute approximate surface area is 189 Å². The van der Waals surface area contributed by atoms with Gasteiger partial charge in [0.15, 0.2) is 5.50 Å². The number of hydrazine groups is 1.